The van der Waals surface area contributed by atoms with Gasteiger partial charge in [-0.3, -0.25) is 0 Å². The summed E-state index contributed by atoms with van der Waals surface area (Å²) in [5.41, 5.74) is 9.61. The van der Waals surface area contributed by atoms with Crippen molar-refractivity contribution in [3.63, 3.8) is 0 Å². The molecular weight excluding hydrogens is 186 g/mol. The average Bonchev–Trinajstić information content (AvgIpc) is 2.27. The molecule has 1 aliphatic carbocycles. The Morgan fingerprint density at radius 3 is 2.73 bits per heavy atom. The predicted octanol–water partition coefficient (Wildman–Crippen LogP) is 1.49. The first-order valence-electron chi connectivity index (χ1n) is 5.61. The first-order chi connectivity index (χ1) is 7.22. The molecule has 0 atom stereocenters. The number of aryl methyl sites for hydroxylation is 2. The summed E-state index contributed by atoms with van der Waals surface area (Å²) < 4.78 is 0. The van der Waals surface area contributed by atoms with Gasteiger partial charge < -0.3 is 10.6 Å². The number of anilines is 1. The molecular formula is C12H19N3. The van der Waals surface area contributed by atoms with E-state index in [0.717, 1.165) is 12.2 Å². The van der Waals surface area contributed by atoms with E-state index in [1.54, 1.807) is 0 Å². The van der Waals surface area contributed by atoms with Crippen LogP contribution in [0.3, 0.4) is 0 Å². The Hall–Kier alpha value is -1.09. The van der Waals surface area contributed by atoms with Crippen molar-refractivity contribution in [2.75, 3.05) is 19.0 Å². The molecule has 1 heterocycles. The smallest absolute Gasteiger partial charge is 0.132 e. The van der Waals surface area contributed by atoms with Crippen LogP contribution in [-0.2, 0) is 19.4 Å². The lowest BCUT2D eigenvalue weighted by molar-refractivity contribution is 0.665. The SMILES string of the molecule is CN(C)c1nc2c(cc1CN)CCCC2. The van der Waals surface area contributed by atoms with Gasteiger partial charge >= 0.3 is 0 Å². The third-order valence-electron chi connectivity index (χ3n) is 3.00. The van der Waals surface area contributed by atoms with Crippen LogP contribution in [0.4, 0.5) is 5.82 Å². The maximum absolute atomic E-state index is 5.75. The maximum Gasteiger partial charge on any atom is 0.132 e. The Labute approximate surface area is 91.3 Å². The van der Waals surface area contributed by atoms with Gasteiger partial charge in [0.05, 0.1) is 0 Å². The quantitative estimate of drug-likeness (QED) is 0.795. The number of nitrogens with zero attached hydrogens (tertiary/aromatic N) is 2. The second kappa shape index (κ2) is 4.19. The zero-order valence-corrected chi connectivity index (χ0v) is 9.58. The number of nitrogens with two attached hydrogens (primary N) is 1. The Kier molecular flexibility index (Phi) is 2.91. The standard InChI is InChI=1S/C12H19N3/c1-15(2)12-10(8-13)7-9-5-3-4-6-11(9)14-12/h7H,3-6,8,13H2,1-2H3. The largest absolute Gasteiger partial charge is 0.362 e. The van der Waals surface area contributed by atoms with E-state index in [9.17, 15) is 0 Å². The van der Waals surface area contributed by atoms with Gasteiger partial charge in [0.1, 0.15) is 5.82 Å². The van der Waals surface area contributed by atoms with E-state index < -0.39 is 0 Å². The molecule has 2 N–H and O–H groups in total. The minimum absolute atomic E-state index is 0.577. The zero-order chi connectivity index (χ0) is 10.8. The van der Waals surface area contributed by atoms with E-state index in [1.165, 1.54) is 36.1 Å². The normalized spacial score (nSPS) is 14.9. The highest BCUT2D eigenvalue weighted by atomic mass is 15.1. The van der Waals surface area contributed by atoms with E-state index in [1.807, 2.05) is 14.1 Å². The van der Waals surface area contributed by atoms with Crippen molar-refractivity contribution < 1.29 is 0 Å². The van der Waals surface area contributed by atoms with Crippen LogP contribution in [-0.4, -0.2) is 19.1 Å². The summed E-state index contributed by atoms with van der Waals surface area (Å²) in [6, 6.07) is 2.25. The van der Waals surface area contributed by atoms with Gasteiger partial charge in [-0.05, 0) is 37.3 Å². The van der Waals surface area contributed by atoms with Crippen LogP contribution < -0.4 is 10.6 Å². The minimum atomic E-state index is 0.577. The van der Waals surface area contributed by atoms with Crippen LogP contribution >= 0.6 is 0 Å². The second-order valence-electron chi connectivity index (χ2n) is 4.38. The van der Waals surface area contributed by atoms with Gasteiger partial charge in [0, 0.05) is 31.9 Å². The second-order valence-corrected chi connectivity index (χ2v) is 4.38. The molecule has 0 saturated carbocycles. The first-order valence-corrected chi connectivity index (χ1v) is 5.61. The van der Waals surface area contributed by atoms with Gasteiger partial charge in [0.15, 0.2) is 0 Å². The molecule has 0 spiro atoms. The fourth-order valence-electron chi connectivity index (χ4n) is 2.21. The lowest BCUT2D eigenvalue weighted by Crippen LogP contribution is -2.18. The first kappa shape index (κ1) is 10.4. The molecule has 0 saturated heterocycles. The molecule has 3 heteroatoms. The van der Waals surface area contributed by atoms with Crippen LogP contribution in [0.25, 0.3) is 0 Å². The number of rotatable bonds is 2. The van der Waals surface area contributed by atoms with Crippen LogP contribution in [0, 0.1) is 0 Å². The maximum atomic E-state index is 5.75. The topological polar surface area (TPSA) is 42.2 Å². The molecule has 0 aromatic carbocycles. The number of pyridine rings is 1. The van der Waals surface area contributed by atoms with Crippen molar-refractivity contribution in [3.05, 3.63) is 22.9 Å². The Bertz CT molecular complexity index is 358. The van der Waals surface area contributed by atoms with Crippen LogP contribution in [0.1, 0.15) is 29.7 Å². The summed E-state index contributed by atoms with van der Waals surface area (Å²) in [5, 5.41) is 0. The van der Waals surface area contributed by atoms with Gasteiger partial charge in [-0.2, -0.15) is 0 Å². The fraction of sp³-hybridized carbons (Fsp3) is 0.583. The molecule has 0 bridgehead atoms. The number of fused-ring (bicyclic) bond motifs is 1. The molecule has 1 aromatic rings. The van der Waals surface area contributed by atoms with E-state index >= 15 is 0 Å². The van der Waals surface area contributed by atoms with Gasteiger partial charge in [-0.25, -0.2) is 4.98 Å². The van der Waals surface area contributed by atoms with E-state index in [-0.39, 0.29) is 0 Å². The van der Waals surface area contributed by atoms with E-state index in [4.69, 9.17) is 10.7 Å². The van der Waals surface area contributed by atoms with Crippen molar-refractivity contribution in [2.24, 2.45) is 5.73 Å². The minimum Gasteiger partial charge on any atom is -0.362 e. The molecule has 1 aliphatic rings. The lowest BCUT2D eigenvalue weighted by Gasteiger charge is -2.21. The predicted molar refractivity (Wildman–Crippen MR) is 63.1 cm³/mol. The number of aromatic nitrogens is 1. The van der Waals surface area contributed by atoms with Gasteiger partial charge in [0.2, 0.25) is 0 Å². The van der Waals surface area contributed by atoms with E-state index in [2.05, 4.69) is 11.0 Å². The van der Waals surface area contributed by atoms with Crippen molar-refractivity contribution >= 4 is 5.82 Å². The molecule has 82 valence electrons. The summed E-state index contributed by atoms with van der Waals surface area (Å²) in [7, 11) is 4.05. The molecule has 1 aromatic heterocycles. The zero-order valence-electron chi connectivity index (χ0n) is 9.58. The Morgan fingerprint density at radius 1 is 1.33 bits per heavy atom. The monoisotopic (exact) mass is 205 g/mol. The highest BCUT2D eigenvalue weighted by Crippen LogP contribution is 2.25. The van der Waals surface area contributed by atoms with Crippen LogP contribution in [0.15, 0.2) is 6.07 Å². The molecule has 0 aliphatic heterocycles. The van der Waals surface area contributed by atoms with Crippen molar-refractivity contribution in [1.82, 2.24) is 4.98 Å². The highest BCUT2D eigenvalue weighted by Gasteiger charge is 2.15. The molecule has 15 heavy (non-hydrogen) atoms. The summed E-state index contributed by atoms with van der Waals surface area (Å²) in [6.45, 7) is 0.577. The van der Waals surface area contributed by atoms with Crippen molar-refractivity contribution in [1.29, 1.82) is 0 Å². The van der Waals surface area contributed by atoms with Gasteiger partial charge in [-0.1, -0.05) is 0 Å². The molecule has 3 nitrogen and oxygen atoms in total. The Morgan fingerprint density at radius 2 is 2.07 bits per heavy atom. The highest BCUT2D eigenvalue weighted by molar-refractivity contribution is 5.49. The lowest BCUT2D eigenvalue weighted by atomic mass is 9.94. The number of hydrogen-bond donors (Lipinski definition) is 1. The van der Waals surface area contributed by atoms with E-state index in [0.29, 0.717) is 6.54 Å². The third kappa shape index (κ3) is 1.97. The van der Waals surface area contributed by atoms with Gasteiger partial charge in [-0.15, -0.1) is 0 Å². The van der Waals surface area contributed by atoms with Crippen LogP contribution in [0.5, 0.6) is 0 Å². The fourth-order valence-corrected chi connectivity index (χ4v) is 2.21. The summed E-state index contributed by atoms with van der Waals surface area (Å²) >= 11 is 0. The molecule has 0 radical (unpaired) electrons. The van der Waals surface area contributed by atoms with Crippen LogP contribution in [0.2, 0.25) is 0 Å². The molecule has 0 unspecified atom stereocenters. The number of hydrogen-bond acceptors (Lipinski definition) is 3. The molecule has 2 rings (SSSR count). The molecule has 0 amide bonds. The Balaban J connectivity index is 2.46. The summed E-state index contributed by atoms with van der Waals surface area (Å²) in [6.07, 6.45) is 4.86. The van der Waals surface area contributed by atoms with Gasteiger partial charge in [0.25, 0.3) is 0 Å². The van der Waals surface area contributed by atoms with Crippen molar-refractivity contribution in [2.45, 2.75) is 32.2 Å². The molecule has 0 fully saturated rings. The summed E-state index contributed by atoms with van der Waals surface area (Å²) in [4.78, 5) is 6.78. The third-order valence-corrected chi connectivity index (χ3v) is 3.00. The summed E-state index contributed by atoms with van der Waals surface area (Å²) in [5.74, 6) is 1.04. The van der Waals surface area contributed by atoms with Crippen molar-refractivity contribution in [3.8, 4) is 0 Å². The average molecular weight is 205 g/mol.